The first-order valence-electron chi connectivity index (χ1n) is 7.21. The predicted molar refractivity (Wildman–Crippen MR) is 81.2 cm³/mol. The molecule has 1 unspecified atom stereocenters. The van der Waals surface area contributed by atoms with Gasteiger partial charge in [-0.1, -0.05) is 45.0 Å². The van der Waals surface area contributed by atoms with Gasteiger partial charge >= 0.3 is 0 Å². The second-order valence-corrected chi connectivity index (χ2v) is 4.76. The molecule has 0 aliphatic rings. The van der Waals surface area contributed by atoms with Gasteiger partial charge in [0.15, 0.2) is 0 Å². The number of ether oxygens (including phenoxy) is 1. The number of rotatable bonds is 7. The van der Waals surface area contributed by atoms with Crippen LogP contribution in [0.25, 0.3) is 0 Å². The van der Waals surface area contributed by atoms with Gasteiger partial charge in [0.25, 0.3) is 0 Å². The van der Waals surface area contributed by atoms with E-state index in [2.05, 4.69) is 25.7 Å². The monoisotopic (exact) mass is 259 g/mol. The molecule has 104 valence electrons. The van der Waals surface area contributed by atoms with Gasteiger partial charge in [-0.05, 0) is 36.6 Å². The van der Waals surface area contributed by atoms with Crippen LogP contribution in [-0.2, 0) is 0 Å². The minimum absolute atomic E-state index is 0.397. The van der Waals surface area contributed by atoms with Crippen molar-refractivity contribution in [2.45, 2.75) is 39.5 Å². The lowest BCUT2D eigenvalue weighted by Gasteiger charge is -2.15. The predicted octanol–water partition coefficient (Wildman–Crippen LogP) is 3.59. The Morgan fingerprint density at radius 2 is 1.95 bits per heavy atom. The average molecular weight is 259 g/mol. The first-order chi connectivity index (χ1) is 9.30. The molecule has 0 aromatic heterocycles. The Bertz CT molecular complexity index is 400. The molecule has 0 saturated heterocycles. The summed E-state index contributed by atoms with van der Waals surface area (Å²) in [6.07, 6.45) is 4.98. The zero-order valence-electron chi connectivity index (χ0n) is 12.1. The second-order valence-electron chi connectivity index (χ2n) is 4.76. The van der Waals surface area contributed by atoms with Gasteiger partial charge in [0.05, 0.1) is 13.2 Å². The number of unbranched alkanes of at least 4 members (excludes halogenated alkanes) is 1. The van der Waals surface area contributed by atoms with Crippen LogP contribution in [0.5, 0.6) is 5.75 Å². The molecular formula is C17H25NO. The van der Waals surface area contributed by atoms with Crippen LogP contribution >= 0.6 is 0 Å². The SMILES string of the molecule is CCCCC(CC)COc1ccc(C#CCN)cc1. The van der Waals surface area contributed by atoms with E-state index < -0.39 is 0 Å². The second kappa shape index (κ2) is 9.47. The molecular weight excluding hydrogens is 234 g/mol. The molecule has 2 N–H and O–H groups in total. The lowest BCUT2D eigenvalue weighted by molar-refractivity contribution is 0.233. The fourth-order valence-corrected chi connectivity index (χ4v) is 1.90. The summed E-state index contributed by atoms with van der Waals surface area (Å²) in [6, 6.07) is 7.91. The highest BCUT2D eigenvalue weighted by Crippen LogP contribution is 2.17. The third-order valence-electron chi connectivity index (χ3n) is 3.22. The first kappa shape index (κ1) is 15.6. The Kier molecular flexibility index (Phi) is 7.77. The van der Waals surface area contributed by atoms with Gasteiger partial charge in [0.2, 0.25) is 0 Å². The molecule has 2 heteroatoms. The van der Waals surface area contributed by atoms with Crippen LogP contribution in [0.2, 0.25) is 0 Å². The van der Waals surface area contributed by atoms with Gasteiger partial charge in [0, 0.05) is 5.56 Å². The maximum Gasteiger partial charge on any atom is 0.119 e. The Balaban J connectivity index is 2.44. The van der Waals surface area contributed by atoms with Crippen molar-refractivity contribution in [3.63, 3.8) is 0 Å². The number of hydrogen-bond donors (Lipinski definition) is 1. The molecule has 0 radical (unpaired) electrons. The summed E-state index contributed by atoms with van der Waals surface area (Å²) < 4.78 is 5.84. The maximum atomic E-state index is 5.84. The first-order valence-corrected chi connectivity index (χ1v) is 7.21. The summed E-state index contributed by atoms with van der Waals surface area (Å²) in [7, 11) is 0. The van der Waals surface area contributed by atoms with Gasteiger partial charge in [-0.15, -0.1) is 0 Å². The molecule has 1 atom stereocenters. The van der Waals surface area contributed by atoms with E-state index in [0.717, 1.165) is 17.9 Å². The largest absolute Gasteiger partial charge is 0.493 e. The topological polar surface area (TPSA) is 35.2 Å². The summed E-state index contributed by atoms with van der Waals surface area (Å²) >= 11 is 0. The molecule has 19 heavy (non-hydrogen) atoms. The van der Waals surface area contributed by atoms with Crippen LogP contribution in [-0.4, -0.2) is 13.2 Å². The Morgan fingerprint density at radius 3 is 2.53 bits per heavy atom. The number of hydrogen-bond acceptors (Lipinski definition) is 2. The minimum Gasteiger partial charge on any atom is -0.493 e. The van der Waals surface area contributed by atoms with Crippen molar-refractivity contribution in [3.05, 3.63) is 29.8 Å². The fraction of sp³-hybridized carbons (Fsp3) is 0.529. The van der Waals surface area contributed by atoms with Gasteiger partial charge in [-0.2, -0.15) is 0 Å². The number of nitrogens with two attached hydrogens (primary N) is 1. The zero-order valence-corrected chi connectivity index (χ0v) is 12.1. The lowest BCUT2D eigenvalue weighted by Crippen LogP contribution is -2.11. The highest BCUT2D eigenvalue weighted by Gasteiger charge is 2.06. The van der Waals surface area contributed by atoms with E-state index in [9.17, 15) is 0 Å². The Labute approximate surface area is 117 Å². The van der Waals surface area contributed by atoms with Gasteiger partial charge in [0.1, 0.15) is 5.75 Å². The maximum absolute atomic E-state index is 5.84. The molecule has 1 aromatic carbocycles. The molecule has 0 fully saturated rings. The van der Waals surface area contributed by atoms with Crippen molar-refractivity contribution >= 4 is 0 Å². The normalized spacial score (nSPS) is 11.5. The van der Waals surface area contributed by atoms with Crippen LogP contribution in [0.1, 0.15) is 45.1 Å². The molecule has 0 amide bonds. The van der Waals surface area contributed by atoms with E-state index in [1.165, 1.54) is 25.7 Å². The molecule has 0 aliphatic heterocycles. The minimum atomic E-state index is 0.397. The highest BCUT2D eigenvalue weighted by molar-refractivity contribution is 5.38. The van der Waals surface area contributed by atoms with Crippen molar-refractivity contribution in [2.75, 3.05) is 13.2 Å². The van der Waals surface area contributed by atoms with Gasteiger partial charge in [-0.25, -0.2) is 0 Å². The quantitative estimate of drug-likeness (QED) is 0.759. The number of benzene rings is 1. The van der Waals surface area contributed by atoms with Gasteiger partial charge in [-0.3, -0.25) is 0 Å². The van der Waals surface area contributed by atoms with E-state index in [-0.39, 0.29) is 0 Å². The molecule has 0 bridgehead atoms. The zero-order chi connectivity index (χ0) is 13.9. The van der Waals surface area contributed by atoms with Crippen molar-refractivity contribution < 1.29 is 4.74 Å². The van der Waals surface area contributed by atoms with Crippen molar-refractivity contribution in [2.24, 2.45) is 11.7 Å². The summed E-state index contributed by atoms with van der Waals surface area (Å²) in [5.41, 5.74) is 6.33. The van der Waals surface area contributed by atoms with Crippen molar-refractivity contribution in [1.29, 1.82) is 0 Å². The van der Waals surface area contributed by atoms with E-state index in [1.807, 2.05) is 24.3 Å². The lowest BCUT2D eigenvalue weighted by atomic mass is 10.0. The molecule has 1 rings (SSSR count). The summed E-state index contributed by atoms with van der Waals surface area (Å²) in [4.78, 5) is 0. The summed E-state index contributed by atoms with van der Waals surface area (Å²) in [5, 5.41) is 0. The van der Waals surface area contributed by atoms with E-state index in [1.54, 1.807) is 0 Å². The van der Waals surface area contributed by atoms with Crippen LogP contribution in [0.3, 0.4) is 0 Å². The molecule has 0 aliphatic carbocycles. The molecule has 0 saturated carbocycles. The molecule has 0 spiro atoms. The average Bonchev–Trinajstić information content (AvgIpc) is 2.46. The Hall–Kier alpha value is -1.46. The van der Waals surface area contributed by atoms with Gasteiger partial charge < -0.3 is 10.5 Å². The molecule has 0 heterocycles. The fourth-order valence-electron chi connectivity index (χ4n) is 1.90. The van der Waals surface area contributed by atoms with Crippen molar-refractivity contribution in [3.8, 4) is 17.6 Å². The molecule has 2 nitrogen and oxygen atoms in total. The van der Waals surface area contributed by atoms with E-state index >= 15 is 0 Å². The smallest absolute Gasteiger partial charge is 0.119 e. The summed E-state index contributed by atoms with van der Waals surface area (Å²) in [6.45, 7) is 5.67. The standard InChI is InChI=1S/C17H25NO/c1-3-5-7-15(4-2)14-19-17-11-9-16(10-12-17)8-6-13-18/h9-12,15H,3-5,7,13-14,18H2,1-2H3. The van der Waals surface area contributed by atoms with Crippen LogP contribution < -0.4 is 10.5 Å². The third-order valence-corrected chi connectivity index (χ3v) is 3.22. The van der Waals surface area contributed by atoms with E-state index in [4.69, 9.17) is 10.5 Å². The highest BCUT2D eigenvalue weighted by atomic mass is 16.5. The van der Waals surface area contributed by atoms with Crippen molar-refractivity contribution in [1.82, 2.24) is 0 Å². The Morgan fingerprint density at radius 1 is 1.21 bits per heavy atom. The van der Waals surface area contributed by atoms with Crippen LogP contribution in [0, 0.1) is 17.8 Å². The van der Waals surface area contributed by atoms with Crippen LogP contribution in [0.15, 0.2) is 24.3 Å². The van der Waals surface area contributed by atoms with Crippen LogP contribution in [0.4, 0.5) is 0 Å². The van der Waals surface area contributed by atoms with E-state index in [0.29, 0.717) is 12.5 Å². The summed E-state index contributed by atoms with van der Waals surface area (Å²) in [5.74, 6) is 7.44. The third kappa shape index (κ3) is 6.31. The molecule has 1 aromatic rings.